The predicted octanol–water partition coefficient (Wildman–Crippen LogP) is 2.11. The molecule has 0 saturated carbocycles. The molecule has 26 heavy (non-hydrogen) atoms. The Morgan fingerprint density at radius 3 is 2.77 bits per heavy atom. The van der Waals surface area contributed by atoms with Crippen LogP contribution in [0.1, 0.15) is 25.1 Å². The minimum absolute atomic E-state index is 0.248. The Morgan fingerprint density at radius 1 is 1.19 bits per heavy atom. The average Bonchev–Trinajstić information content (AvgIpc) is 2.66. The van der Waals surface area contributed by atoms with Crippen LogP contribution in [0.2, 0.25) is 0 Å². The number of para-hydroxylation sites is 1. The van der Waals surface area contributed by atoms with Crippen molar-refractivity contribution in [2.24, 2.45) is 10.1 Å². The molecule has 5 nitrogen and oxygen atoms in total. The first-order valence-corrected chi connectivity index (χ1v) is 9.41. The van der Waals surface area contributed by atoms with Gasteiger partial charge in [-0.25, -0.2) is 9.40 Å². The zero-order chi connectivity index (χ0) is 18.1. The quantitative estimate of drug-likeness (QED) is 0.903. The highest BCUT2D eigenvalue weighted by atomic mass is 32.2. The number of benzene rings is 2. The minimum atomic E-state index is -0.718. The van der Waals surface area contributed by atoms with Gasteiger partial charge in [0.2, 0.25) is 0 Å². The summed E-state index contributed by atoms with van der Waals surface area (Å²) in [5.41, 5.74) is 0.780. The second kappa shape index (κ2) is 6.92. The lowest BCUT2D eigenvalue weighted by molar-refractivity contribution is -0.116. The van der Waals surface area contributed by atoms with Crippen molar-refractivity contribution in [3.63, 3.8) is 0 Å². The van der Waals surface area contributed by atoms with Crippen molar-refractivity contribution >= 4 is 28.5 Å². The molecule has 0 fully saturated rings. The number of amides is 1. The van der Waals surface area contributed by atoms with Crippen molar-refractivity contribution in [1.82, 2.24) is 10.3 Å². The van der Waals surface area contributed by atoms with Crippen LogP contribution in [-0.2, 0) is 4.79 Å². The van der Waals surface area contributed by atoms with E-state index in [1.165, 1.54) is 22.8 Å². The maximum atomic E-state index is 14.5. The summed E-state index contributed by atoms with van der Waals surface area (Å²) < 4.78 is 14.5. The first kappa shape index (κ1) is 16.8. The van der Waals surface area contributed by atoms with Gasteiger partial charge in [0.05, 0.1) is 5.36 Å². The van der Waals surface area contributed by atoms with Crippen LogP contribution in [0.25, 0.3) is 5.70 Å². The Bertz CT molecular complexity index is 1020. The van der Waals surface area contributed by atoms with Crippen LogP contribution in [0.15, 0.2) is 58.6 Å². The van der Waals surface area contributed by atoms with E-state index in [0.717, 1.165) is 12.2 Å². The summed E-state index contributed by atoms with van der Waals surface area (Å²) in [5.74, 6) is 0.214. The Morgan fingerprint density at radius 2 is 1.96 bits per heavy atom. The second-order valence-corrected chi connectivity index (χ2v) is 7.03. The Balaban J connectivity index is 1.92. The molecule has 132 valence electrons. The Labute approximate surface area is 154 Å². The summed E-state index contributed by atoms with van der Waals surface area (Å²) in [6.07, 6.45) is 0.240. The lowest BCUT2D eigenvalue weighted by atomic mass is 10.1. The fourth-order valence-corrected chi connectivity index (χ4v) is 3.69. The molecule has 1 N–H and O–H groups in total. The summed E-state index contributed by atoms with van der Waals surface area (Å²) in [5, 5.41) is 10.8. The molecule has 2 aliphatic rings. The van der Waals surface area contributed by atoms with Crippen LogP contribution in [0.3, 0.4) is 0 Å². The fourth-order valence-electron chi connectivity index (χ4n) is 2.98. The first-order valence-electron chi connectivity index (χ1n) is 8.42. The highest BCUT2D eigenvalue weighted by Gasteiger charge is 2.35. The van der Waals surface area contributed by atoms with Gasteiger partial charge in [0, 0.05) is 16.5 Å². The van der Waals surface area contributed by atoms with Crippen LogP contribution in [0.4, 0.5) is 4.39 Å². The van der Waals surface area contributed by atoms with Gasteiger partial charge in [-0.2, -0.15) is 0 Å². The molecule has 2 aliphatic heterocycles. The van der Waals surface area contributed by atoms with Gasteiger partial charge in [0.15, 0.2) is 11.3 Å². The monoisotopic (exact) mass is 368 g/mol. The molecule has 7 heteroatoms. The van der Waals surface area contributed by atoms with Gasteiger partial charge >= 0.3 is 0 Å². The Hall–Kier alpha value is -2.67. The number of hydrogen-bond acceptors (Lipinski definition) is 5. The summed E-state index contributed by atoms with van der Waals surface area (Å²) in [6, 6.07) is 13.8. The lowest BCUT2D eigenvalue weighted by Crippen LogP contribution is -2.50. The summed E-state index contributed by atoms with van der Waals surface area (Å²) in [6.45, 7) is 2.06. The van der Waals surface area contributed by atoms with Crippen LogP contribution in [0.5, 0.6) is 0 Å². The standard InChI is InChI=1S/C19H17FN4OS/c1-2-11-26-19-22-18(25)16-13-8-4-6-10-15(13)21-17(24(16)23-19)12-7-3-5-9-14(12)20/h3-10,17H,2,11H2,1H3,(H,22,23,25). The topological polar surface area (TPSA) is 57.1 Å². The van der Waals surface area contributed by atoms with E-state index in [4.69, 9.17) is 0 Å². The molecule has 1 atom stereocenters. The van der Waals surface area contributed by atoms with Gasteiger partial charge in [-0.15, -0.1) is 5.10 Å². The van der Waals surface area contributed by atoms with E-state index < -0.39 is 6.17 Å². The smallest absolute Gasteiger partial charge is 0.276 e. The van der Waals surface area contributed by atoms with Gasteiger partial charge in [-0.3, -0.25) is 15.1 Å². The van der Waals surface area contributed by atoms with Crippen molar-refractivity contribution in [3.8, 4) is 0 Å². The third-order valence-electron chi connectivity index (χ3n) is 4.14. The number of nitrogens with one attached hydrogen (secondary N) is 1. The van der Waals surface area contributed by atoms with Gasteiger partial charge in [0.25, 0.3) is 5.91 Å². The molecule has 2 aromatic rings. The molecule has 2 heterocycles. The molecule has 0 aromatic heterocycles. The Kier molecular flexibility index (Phi) is 4.46. The van der Waals surface area contributed by atoms with E-state index in [1.807, 2.05) is 24.3 Å². The molecular weight excluding hydrogens is 351 g/mol. The molecule has 0 spiro atoms. The number of amidine groups is 1. The van der Waals surface area contributed by atoms with Crippen molar-refractivity contribution in [2.75, 3.05) is 5.75 Å². The molecule has 0 saturated heterocycles. The normalized spacial score (nSPS) is 18.5. The number of hydrazone groups is 1. The number of halogens is 1. The SMILES string of the molecule is CCCSC1=NN2C(=c3ccccc3=NC2c2ccccc2F)C(=O)N1. The summed E-state index contributed by atoms with van der Waals surface area (Å²) in [4.78, 5) is 17.5. The molecule has 1 unspecified atom stereocenters. The zero-order valence-corrected chi connectivity index (χ0v) is 15.0. The van der Waals surface area contributed by atoms with E-state index in [2.05, 4.69) is 22.3 Å². The van der Waals surface area contributed by atoms with Gasteiger partial charge in [-0.05, 0) is 18.6 Å². The number of carbonyl (C=O) groups is 1. The lowest BCUT2D eigenvalue weighted by Gasteiger charge is -2.34. The van der Waals surface area contributed by atoms with E-state index in [0.29, 0.717) is 27.0 Å². The molecule has 1 amide bonds. The van der Waals surface area contributed by atoms with E-state index in [1.54, 1.807) is 18.2 Å². The molecule has 0 bridgehead atoms. The summed E-state index contributed by atoms with van der Waals surface area (Å²) >= 11 is 1.47. The molecule has 4 rings (SSSR count). The third-order valence-corrected chi connectivity index (χ3v) is 5.21. The van der Waals surface area contributed by atoms with Crippen LogP contribution >= 0.6 is 11.8 Å². The molecule has 2 aromatic carbocycles. The van der Waals surface area contributed by atoms with Gasteiger partial charge in [-0.1, -0.05) is 55.1 Å². The van der Waals surface area contributed by atoms with Crippen molar-refractivity contribution < 1.29 is 9.18 Å². The highest BCUT2D eigenvalue weighted by molar-refractivity contribution is 8.13. The van der Waals surface area contributed by atoms with E-state index in [9.17, 15) is 9.18 Å². The molecule has 0 radical (unpaired) electrons. The first-order chi connectivity index (χ1) is 12.7. The number of nitrogens with zero attached hydrogens (tertiary/aromatic N) is 3. The number of thioether (sulfide) groups is 1. The minimum Gasteiger partial charge on any atom is -0.298 e. The van der Waals surface area contributed by atoms with Crippen molar-refractivity contribution in [1.29, 1.82) is 0 Å². The average molecular weight is 368 g/mol. The number of fused-ring (bicyclic) bond motifs is 2. The second-order valence-electron chi connectivity index (χ2n) is 5.94. The van der Waals surface area contributed by atoms with Crippen LogP contribution < -0.4 is 15.9 Å². The third kappa shape index (κ3) is 2.88. The van der Waals surface area contributed by atoms with Crippen molar-refractivity contribution in [2.45, 2.75) is 19.5 Å². The number of carbonyl (C=O) groups excluding carboxylic acids is 1. The number of hydrogen-bond donors (Lipinski definition) is 1. The number of rotatable bonds is 3. The maximum absolute atomic E-state index is 14.5. The maximum Gasteiger partial charge on any atom is 0.276 e. The van der Waals surface area contributed by atoms with Crippen molar-refractivity contribution in [3.05, 3.63) is 70.5 Å². The molecular formula is C19H17FN4OS. The fraction of sp³-hybridized carbons (Fsp3) is 0.211. The van der Waals surface area contributed by atoms with Gasteiger partial charge < -0.3 is 0 Å². The summed E-state index contributed by atoms with van der Waals surface area (Å²) in [7, 11) is 0. The van der Waals surface area contributed by atoms with Gasteiger partial charge in [0.1, 0.15) is 11.5 Å². The van der Waals surface area contributed by atoms with E-state index in [-0.39, 0.29) is 11.7 Å². The van der Waals surface area contributed by atoms with Crippen LogP contribution in [0, 0.1) is 5.82 Å². The predicted molar refractivity (Wildman–Crippen MR) is 99.9 cm³/mol. The largest absolute Gasteiger partial charge is 0.298 e. The van der Waals surface area contributed by atoms with E-state index >= 15 is 0 Å². The zero-order valence-electron chi connectivity index (χ0n) is 14.1. The molecule has 0 aliphatic carbocycles. The highest BCUT2D eigenvalue weighted by Crippen LogP contribution is 2.31. The van der Waals surface area contributed by atoms with Crippen LogP contribution in [-0.4, -0.2) is 21.8 Å².